The average molecular weight is 339 g/mol. The summed E-state index contributed by atoms with van der Waals surface area (Å²) in [4.78, 5) is 18.8. The Labute approximate surface area is 148 Å². The topological polar surface area (TPSA) is 65.5 Å². The maximum Gasteiger partial charge on any atom is 0.224 e. The Morgan fingerprint density at radius 3 is 2.72 bits per heavy atom. The Bertz CT molecular complexity index is 663. The molecular formula is C20H25N3O2. The molecule has 1 saturated heterocycles. The molecule has 5 heteroatoms. The lowest BCUT2D eigenvalue weighted by molar-refractivity contribution is -0.122. The monoisotopic (exact) mass is 339 g/mol. The van der Waals surface area contributed by atoms with Gasteiger partial charge in [0.1, 0.15) is 0 Å². The van der Waals surface area contributed by atoms with E-state index in [2.05, 4.69) is 27.3 Å². The van der Waals surface area contributed by atoms with Crippen molar-refractivity contribution in [2.75, 3.05) is 19.7 Å². The van der Waals surface area contributed by atoms with E-state index in [0.29, 0.717) is 6.42 Å². The summed E-state index contributed by atoms with van der Waals surface area (Å²) in [5.41, 5.74) is 2.17. The maximum atomic E-state index is 12.4. The largest absolute Gasteiger partial charge is 0.396 e. The first-order valence-corrected chi connectivity index (χ1v) is 8.80. The van der Waals surface area contributed by atoms with E-state index in [1.165, 1.54) is 5.56 Å². The zero-order valence-corrected chi connectivity index (χ0v) is 14.3. The molecule has 1 fully saturated rings. The van der Waals surface area contributed by atoms with Gasteiger partial charge in [-0.15, -0.1) is 0 Å². The van der Waals surface area contributed by atoms with Gasteiger partial charge in [0, 0.05) is 44.0 Å². The van der Waals surface area contributed by atoms with Crippen molar-refractivity contribution in [2.45, 2.75) is 25.4 Å². The fourth-order valence-electron chi connectivity index (χ4n) is 3.38. The molecule has 0 aliphatic carbocycles. The second-order valence-electron chi connectivity index (χ2n) is 6.66. The first kappa shape index (κ1) is 17.6. The average Bonchev–Trinajstić information content (AvgIpc) is 2.63. The van der Waals surface area contributed by atoms with Crippen LogP contribution >= 0.6 is 0 Å². The van der Waals surface area contributed by atoms with Crippen LogP contribution in [0.15, 0.2) is 54.9 Å². The van der Waals surface area contributed by atoms with Gasteiger partial charge in [-0.3, -0.25) is 14.7 Å². The number of hydrogen-bond acceptors (Lipinski definition) is 4. The van der Waals surface area contributed by atoms with Crippen LogP contribution in [0.1, 0.15) is 17.5 Å². The lowest BCUT2D eigenvalue weighted by Crippen LogP contribution is -2.53. The molecule has 2 N–H and O–H groups in total. The van der Waals surface area contributed by atoms with Crippen molar-refractivity contribution in [3.63, 3.8) is 0 Å². The minimum Gasteiger partial charge on any atom is -0.396 e. The lowest BCUT2D eigenvalue weighted by atomic mass is 9.91. The van der Waals surface area contributed by atoms with Crippen molar-refractivity contribution < 1.29 is 9.90 Å². The van der Waals surface area contributed by atoms with Gasteiger partial charge >= 0.3 is 0 Å². The molecule has 132 valence electrons. The zero-order valence-electron chi connectivity index (χ0n) is 14.3. The number of nitrogens with zero attached hydrogens (tertiary/aromatic N) is 2. The summed E-state index contributed by atoms with van der Waals surface area (Å²) in [7, 11) is 0. The molecule has 0 unspecified atom stereocenters. The number of likely N-dealkylation sites (tertiary alicyclic amines) is 1. The van der Waals surface area contributed by atoms with Crippen LogP contribution in [0, 0.1) is 5.92 Å². The summed E-state index contributed by atoms with van der Waals surface area (Å²) in [6.45, 7) is 2.68. The molecule has 1 aromatic heterocycles. The molecule has 1 aliphatic heterocycles. The van der Waals surface area contributed by atoms with Gasteiger partial charge in [0.15, 0.2) is 0 Å². The zero-order chi connectivity index (χ0) is 17.5. The Morgan fingerprint density at radius 1 is 1.20 bits per heavy atom. The minimum absolute atomic E-state index is 0.0157. The number of aliphatic hydroxyl groups excluding tert-OH is 1. The van der Waals surface area contributed by atoms with Gasteiger partial charge in [0.2, 0.25) is 5.91 Å². The van der Waals surface area contributed by atoms with E-state index in [4.69, 9.17) is 0 Å². The van der Waals surface area contributed by atoms with E-state index in [0.717, 1.165) is 31.6 Å². The van der Waals surface area contributed by atoms with Crippen LogP contribution in [0.3, 0.4) is 0 Å². The highest BCUT2D eigenvalue weighted by Crippen LogP contribution is 2.19. The van der Waals surface area contributed by atoms with E-state index >= 15 is 0 Å². The molecule has 1 aromatic carbocycles. The Balaban J connectivity index is 1.58. The number of pyridine rings is 1. The molecule has 2 heterocycles. The van der Waals surface area contributed by atoms with E-state index in [9.17, 15) is 9.90 Å². The van der Waals surface area contributed by atoms with Gasteiger partial charge in [-0.25, -0.2) is 0 Å². The van der Waals surface area contributed by atoms with Gasteiger partial charge in [0.05, 0.1) is 6.42 Å². The smallest absolute Gasteiger partial charge is 0.224 e. The van der Waals surface area contributed by atoms with Gasteiger partial charge in [-0.05, 0) is 30.2 Å². The van der Waals surface area contributed by atoms with Crippen LogP contribution < -0.4 is 5.32 Å². The van der Waals surface area contributed by atoms with Crippen molar-refractivity contribution in [2.24, 2.45) is 5.92 Å². The molecule has 2 aromatic rings. The van der Waals surface area contributed by atoms with Crippen molar-refractivity contribution in [3.8, 4) is 0 Å². The highest BCUT2D eigenvalue weighted by Gasteiger charge is 2.29. The molecule has 2 atom stereocenters. The van der Waals surface area contributed by atoms with Crippen LogP contribution in [0.25, 0.3) is 0 Å². The lowest BCUT2D eigenvalue weighted by Gasteiger charge is -2.38. The first-order valence-electron chi connectivity index (χ1n) is 8.80. The number of carbonyl (C=O) groups is 1. The molecule has 0 saturated carbocycles. The van der Waals surface area contributed by atoms with Gasteiger partial charge < -0.3 is 10.4 Å². The summed E-state index contributed by atoms with van der Waals surface area (Å²) in [6, 6.07) is 14.1. The molecule has 0 bridgehead atoms. The highest BCUT2D eigenvalue weighted by molar-refractivity contribution is 5.78. The third kappa shape index (κ3) is 5.11. The maximum absolute atomic E-state index is 12.4. The fraction of sp³-hybridized carbons (Fsp3) is 0.400. The first-order chi connectivity index (χ1) is 12.2. The third-order valence-electron chi connectivity index (χ3n) is 4.76. The number of benzene rings is 1. The quantitative estimate of drug-likeness (QED) is 0.839. The standard InChI is InChI=1S/C20H25N3O2/c24-15-18-8-10-23(13-16-5-2-1-3-6-16)14-19(18)22-20(25)11-17-7-4-9-21-12-17/h1-7,9,12,18-19,24H,8,10-11,13-15H2,(H,22,25)/t18-,19-/m1/s1. The predicted molar refractivity (Wildman–Crippen MR) is 96.8 cm³/mol. The predicted octanol–water partition coefficient (Wildman–Crippen LogP) is 1.62. The number of carbonyl (C=O) groups excluding carboxylic acids is 1. The van der Waals surface area contributed by atoms with Gasteiger partial charge in [0.25, 0.3) is 0 Å². The van der Waals surface area contributed by atoms with E-state index in [1.54, 1.807) is 12.4 Å². The van der Waals surface area contributed by atoms with Crippen LogP contribution in [0.5, 0.6) is 0 Å². The number of rotatable bonds is 6. The molecule has 5 nitrogen and oxygen atoms in total. The summed E-state index contributed by atoms with van der Waals surface area (Å²) in [5, 5.41) is 12.8. The van der Waals surface area contributed by atoms with Crippen molar-refractivity contribution in [1.82, 2.24) is 15.2 Å². The number of nitrogens with one attached hydrogen (secondary N) is 1. The summed E-state index contributed by atoms with van der Waals surface area (Å²) in [6.07, 6.45) is 4.62. The molecule has 1 aliphatic rings. The third-order valence-corrected chi connectivity index (χ3v) is 4.76. The summed E-state index contributed by atoms with van der Waals surface area (Å²) >= 11 is 0. The van der Waals surface area contributed by atoms with Crippen LogP contribution in [0.4, 0.5) is 0 Å². The SMILES string of the molecule is O=C(Cc1cccnc1)N[C@@H]1CN(Cc2ccccc2)CC[C@@H]1CO. The van der Waals surface area contributed by atoms with Crippen molar-refractivity contribution in [1.29, 1.82) is 0 Å². The van der Waals surface area contributed by atoms with E-state index < -0.39 is 0 Å². The Kier molecular flexibility index (Phi) is 6.14. The van der Waals surface area contributed by atoms with Gasteiger partial charge in [-0.1, -0.05) is 36.4 Å². The number of piperidine rings is 1. The van der Waals surface area contributed by atoms with Crippen LogP contribution in [-0.2, 0) is 17.8 Å². The Hall–Kier alpha value is -2.24. The van der Waals surface area contributed by atoms with E-state index in [-0.39, 0.29) is 24.5 Å². The summed E-state index contributed by atoms with van der Waals surface area (Å²) < 4.78 is 0. The van der Waals surface area contributed by atoms with Crippen molar-refractivity contribution >= 4 is 5.91 Å². The molecule has 1 amide bonds. The van der Waals surface area contributed by atoms with Gasteiger partial charge in [-0.2, -0.15) is 0 Å². The summed E-state index contributed by atoms with van der Waals surface area (Å²) in [5.74, 6) is 0.0999. The Morgan fingerprint density at radius 2 is 2.00 bits per heavy atom. The minimum atomic E-state index is -0.0216. The second-order valence-corrected chi connectivity index (χ2v) is 6.66. The molecular weight excluding hydrogens is 314 g/mol. The molecule has 25 heavy (non-hydrogen) atoms. The molecule has 0 radical (unpaired) electrons. The molecule has 3 rings (SSSR count). The van der Waals surface area contributed by atoms with Crippen LogP contribution in [-0.4, -0.2) is 46.6 Å². The normalized spacial score (nSPS) is 21.0. The number of amides is 1. The van der Waals surface area contributed by atoms with Crippen LogP contribution in [0.2, 0.25) is 0 Å². The van der Waals surface area contributed by atoms with E-state index in [1.807, 2.05) is 30.3 Å². The van der Waals surface area contributed by atoms with Crippen molar-refractivity contribution in [3.05, 3.63) is 66.0 Å². The fourth-order valence-corrected chi connectivity index (χ4v) is 3.38. The number of aliphatic hydroxyl groups is 1. The number of aromatic nitrogens is 1. The second kappa shape index (κ2) is 8.74. The molecule has 0 spiro atoms. The highest BCUT2D eigenvalue weighted by atomic mass is 16.3. The number of hydrogen-bond donors (Lipinski definition) is 2.